The molecule has 198 valence electrons. The third kappa shape index (κ3) is 5.51. The lowest BCUT2D eigenvalue weighted by Gasteiger charge is -2.44. The van der Waals surface area contributed by atoms with Crippen LogP contribution in [0.1, 0.15) is 64.8 Å². The number of benzene rings is 3. The Hall–Kier alpha value is -3.51. The summed E-state index contributed by atoms with van der Waals surface area (Å²) >= 11 is 0. The smallest absolute Gasteiger partial charge is 0.254 e. The summed E-state index contributed by atoms with van der Waals surface area (Å²) in [6, 6.07) is 22.9. The second kappa shape index (κ2) is 11.1. The number of likely N-dealkylation sites (tertiary alicyclic amines) is 1. The fraction of sp³-hybridized carbons (Fsp3) is 0.375. The van der Waals surface area contributed by atoms with Crippen molar-refractivity contribution in [2.24, 2.45) is 0 Å². The maximum absolute atomic E-state index is 14.0. The van der Waals surface area contributed by atoms with Crippen molar-refractivity contribution in [3.63, 3.8) is 0 Å². The van der Waals surface area contributed by atoms with Gasteiger partial charge in [-0.1, -0.05) is 54.1 Å². The summed E-state index contributed by atoms with van der Waals surface area (Å²) in [5.41, 5.74) is 4.69. The monoisotopic (exact) mass is 513 g/mol. The number of carbonyl (C=O) groups excluding carboxylic acids is 2. The van der Waals surface area contributed by atoms with Crippen molar-refractivity contribution in [2.75, 3.05) is 26.2 Å². The number of fused-ring (bicyclic) bond motifs is 1. The van der Waals surface area contributed by atoms with Crippen LogP contribution in [0.4, 0.5) is 4.39 Å². The molecule has 0 radical (unpaired) electrons. The van der Waals surface area contributed by atoms with Crippen LogP contribution in [0.5, 0.6) is 0 Å². The molecule has 38 heavy (non-hydrogen) atoms. The molecule has 2 aliphatic rings. The van der Waals surface area contributed by atoms with E-state index in [-0.39, 0.29) is 23.7 Å². The highest BCUT2D eigenvalue weighted by molar-refractivity contribution is 5.94. The van der Waals surface area contributed by atoms with Crippen LogP contribution in [0.25, 0.3) is 0 Å². The zero-order chi connectivity index (χ0) is 26.7. The number of nitrogens with one attached hydrogen (secondary N) is 1. The van der Waals surface area contributed by atoms with Crippen LogP contribution >= 0.6 is 0 Å². The molecule has 5 rings (SSSR count). The molecule has 3 aromatic rings. The van der Waals surface area contributed by atoms with Gasteiger partial charge in [0.05, 0.1) is 11.6 Å². The summed E-state index contributed by atoms with van der Waals surface area (Å²) in [5.74, 6) is -0.310. The van der Waals surface area contributed by atoms with Gasteiger partial charge in [0.25, 0.3) is 5.91 Å². The number of hydrogen-bond acceptors (Lipinski definition) is 3. The average molecular weight is 514 g/mol. The van der Waals surface area contributed by atoms with Gasteiger partial charge in [-0.15, -0.1) is 0 Å². The van der Waals surface area contributed by atoms with Crippen LogP contribution in [0.2, 0.25) is 0 Å². The summed E-state index contributed by atoms with van der Waals surface area (Å²) in [5, 5.41) is 3.14. The minimum atomic E-state index is -0.560. The number of hydrogen-bond donors (Lipinski definition) is 1. The summed E-state index contributed by atoms with van der Waals surface area (Å²) in [4.78, 5) is 30.1. The molecule has 3 aromatic carbocycles. The van der Waals surface area contributed by atoms with Gasteiger partial charge in [0.2, 0.25) is 5.91 Å². The van der Waals surface area contributed by atoms with E-state index >= 15 is 0 Å². The first-order valence-electron chi connectivity index (χ1n) is 13.6. The molecule has 0 spiro atoms. The first-order chi connectivity index (χ1) is 18.3. The molecule has 2 amide bonds. The van der Waals surface area contributed by atoms with Crippen LogP contribution in [-0.2, 0) is 16.8 Å². The van der Waals surface area contributed by atoms with Crippen LogP contribution in [0.15, 0.2) is 72.8 Å². The fourth-order valence-corrected chi connectivity index (χ4v) is 6.14. The van der Waals surface area contributed by atoms with Gasteiger partial charge >= 0.3 is 0 Å². The van der Waals surface area contributed by atoms with E-state index in [9.17, 15) is 14.0 Å². The minimum Gasteiger partial charge on any atom is -0.347 e. The molecule has 1 saturated heterocycles. The highest BCUT2D eigenvalue weighted by Gasteiger charge is 2.38. The minimum absolute atomic E-state index is 0.0130. The van der Waals surface area contributed by atoms with Gasteiger partial charge in [-0.3, -0.25) is 9.59 Å². The van der Waals surface area contributed by atoms with Crippen molar-refractivity contribution >= 4 is 11.8 Å². The molecule has 1 atom stereocenters. The van der Waals surface area contributed by atoms with Gasteiger partial charge in [0, 0.05) is 38.7 Å². The predicted octanol–water partition coefficient (Wildman–Crippen LogP) is 5.39. The van der Waals surface area contributed by atoms with Gasteiger partial charge in [0.15, 0.2) is 0 Å². The quantitative estimate of drug-likeness (QED) is 0.481. The maximum atomic E-state index is 14.0. The zero-order valence-corrected chi connectivity index (χ0v) is 22.3. The van der Waals surface area contributed by atoms with Crippen molar-refractivity contribution in [3.05, 3.63) is 106 Å². The molecule has 0 saturated carbocycles. The Morgan fingerprint density at radius 2 is 1.71 bits per heavy atom. The molecule has 0 bridgehead atoms. The van der Waals surface area contributed by atoms with Crippen LogP contribution in [0.3, 0.4) is 0 Å². The van der Waals surface area contributed by atoms with Gasteiger partial charge in [-0.2, -0.15) is 0 Å². The molecule has 0 aromatic heterocycles. The summed E-state index contributed by atoms with van der Waals surface area (Å²) in [7, 11) is 0. The second-order valence-electron chi connectivity index (χ2n) is 10.7. The van der Waals surface area contributed by atoms with E-state index in [0.29, 0.717) is 19.4 Å². The lowest BCUT2D eigenvalue weighted by Crippen LogP contribution is -2.53. The van der Waals surface area contributed by atoms with E-state index in [1.165, 1.54) is 24.1 Å². The summed E-state index contributed by atoms with van der Waals surface area (Å²) in [6.07, 6.45) is 3.12. The molecular weight excluding hydrogens is 477 g/mol. The van der Waals surface area contributed by atoms with E-state index in [0.717, 1.165) is 49.2 Å². The third-order valence-corrected chi connectivity index (χ3v) is 8.19. The van der Waals surface area contributed by atoms with Crippen LogP contribution < -0.4 is 5.32 Å². The maximum Gasteiger partial charge on any atom is 0.254 e. The van der Waals surface area contributed by atoms with E-state index in [1.807, 2.05) is 42.2 Å². The number of piperidine rings is 1. The molecule has 2 aliphatic heterocycles. The number of aryl methyl sites for hydroxylation is 1. The molecule has 6 heteroatoms. The lowest BCUT2D eigenvalue weighted by molar-refractivity contribution is -0.121. The van der Waals surface area contributed by atoms with Crippen molar-refractivity contribution < 1.29 is 14.0 Å². The number of carbonyl (C=O) groups is 2. The first-order valence-corrected chi connectivity index (χ1v) is 13.6. The Morgan fingerprint density at radius 1 is 0.974 bits per heavy atom. The number of amides is 2. The molecule has 1 fully saturated rings. The largest absolute Gasteiger partial charge is 0.347 e. The van der Waals surface area contributed by atoms with E-state index in [2.05, 4.69) is 34.5 Å². The highest BCUT2D eigenvalue weighted by atomic mass is 19.1. The van der Waals surface area contributed by atoms with Crippen LogP contribution in [0, 0.1) is 12.7 Å². The van der Waals surface area contributed by atoms with Crippen molar-refractivity contribution in [2.45, 2.75) is 51.1 Å². The number of nitrogens with zero attached hydrogens (tertiary/aromatic N) is 2. The topological polar surface area (TPSA) is 52.7 Å². The standard InChI is InChI=1S/C32H36FN3O2/c1-23-10-12-26(13-11-23)31(38)36-19-14-25-6-3-4-9-29(25)30(36)15-18-35-20-16-32(17-21-35,34-24(2)37)27-7-5-8-28(33)22-27/h3-13,22,30H,14-21H2,1-2H3,(H,34,37). The van der Waals surface area contributed by atoms with E-state index in [4.69, 9.17) is 0 Å². The van der Waals surface area contributed by atoms with Gasteiger partial charge in [-0.25, -0.2) is 4.39 Å². The van der Waals surface area contributed by atoms with E-state index < -0.39 is 5.54 Å². The Labute approximate surface area is 224 Å². The van der Waals surface area contributed by atoms with Crippen LogP contribution in [-0.4, -0.2) is 47.8 Å². The highest BCUT2D eigenvalue weighted by Crippen LogP contribution is 2.36. The molecule has 1 unspecified atom stereocenters. The predicted molar refractivity (Wildman–Crippen MR) is 147 cm³/mol. The van der Waals surface area contributed by atoms with Gasteiger partial charge in [-0.05, 0) is 73.6 Å². The lowest BCUT2D eigenvalue weighted by atomic mass is 9.80. The Balaban J connectivity index is 1.31. The molecule has 5 nitrogen and oxygen atoms in total. The van der Waals surface area contributed by atoms with Crippen molar-refractivity contribution in [1.82, 2.24) is 15.1 Å². The Kier molecular flexibility index (Phi) is 7.61. The van der Waals surface area contributed by atoms with Crippen molar-refractivity contribution in [1.29, 1.82) is 0 Å². The average Bonchev–Trinajstić information content (AvgIpc) is 2.92. The molecule has 1 N–H and O–H groups in total. The zero-order valence-electron chi connectivity index (χ0n) is 22.3. The first kappa shape index (κ1) is 26.1. The second-order valence-corrected chi connectivity index (χ2v) is 10.7. The van der Waals surface area contributed by atoms with Gasteiger partial charge < -0.3 is 15.1 Å². The summed E-state index contributed by atoms with van der Waals surface area (Å²) < 4.78 is 14.0. The Morgan fingerprint density at radius 3 is 2.42 bits per heavy atom. The van der Waals surface area contributed by atoms with Crippen molar-refractivity contribution in [3.8, 4) is 0 Å². The van der Waals surface area contributed by atoms with Gasteiger partial charge in [0.1, 0.15) is 5.82 Å². The molecule has 0 aliphatic carbocycles. The Bertz CT molecular complexity index is 1300. The SMILES string of the molecule is CC(=O)NC1(c2cccc(F)c2)CCN(CCC2c3ccccc3CCN2C(=O)c2ccc(C)cc2)CC1. The number of rotatable bonds is 6. The number of halogens is 1. The van der Waals surface area contributed by atoms with E-state index in [1.54, 1.807) is 12.1 Å². The fourth-order valence-electron chi connectivity index (χ4n) is 6.14. The third-order valence-electron chi connectivity index (χ3n) is 8.19. The molecular formula is C32H36FN3O2. The summed E-state index contributed by atoms with van der Waals surface area (Å²) in [6.45, 7) is 6.68. The normalized spacial score (nSPS) is 19.0. The molecule has 2 heterocycles.